The summed E-state index contributed by atoms with van der Waals surface area (Å²) >= 11 is 7.42. The molecule has 0 saturated heterocycles. The molecule has 0 amide bonds. The molecule has 2 nitrogen and oxygen atoms in total. The molecule has 0 aliphatic heterocycles. The van der Waals surface area contributed by atoms with Crippen molar-refractivity contribution < 1.29 is 9.05 Å². The van der Waals surface area contributed by atoms with E-state index < -0.39 is 5.69 Å². The van der Waals surface area contributed by atoms with Crippen molar-refractivity contribution in [2.45, 2.75) is 67.1 Å². The normalized spacial score (nSPS) is 15.6. The van der Waals surface area contributed by atoms with Gasteiger partial charge in [0.2, 0.25) is 5.69 Å². The molecule has 5 heteroatoms. The molecule has 0 radical (unpaired) electrons. The fourth-order valence-electron chi connectivity index (χ4n) is 0.938. The van der Waals surface area contributed by atoms with Gasteiger partial charge in [-0.15, -0.1) is 0 Å². The first-order chi connectivity index (χ1) is 8.37. The Morgan fingerprint density at radius 1 is 1.00 bits per heavy atom. The van der Waals surface area contributed by atoms with Gasteiger partial charge in [-0.2, -0.15) is 0 Å². The molecule has 1 atom stereocenters. The Morgan fingerprint density at radius 2 is 1.37 bits per heavy atom. The standard InChI is InChI=1S/C14H31O2PS2/c1-9-12(2)19-17(18,15-10-13(3,4)5)16-11-14(6,7)8/h12H,9-11H2,1-8H3. The molecule has 0 aromatic carbocycles. The second-order valence-electron chi connectivity index (χ2n) is 7.44. The molecule has 0 spiro atoms. The molecule has 0 saturated carbocycles. The maximum atomic E-state index is 6.03. The summed E-state index contributed by atoms with van der Waals surface area (Å²) in [5, 5.41) is 0.478. The van der Waals surface area contributed by atoms with E-state index in [-0.39, 0.29) is 10.8 Å². The molecule has 0 aliphatic carbocycles. The fraction of sp³-hybridized carbons (Fsp3) is 1.00. The third-order valence-corrected chi connectivity index (χ3v) is 7.93. The molecule has 0 aliphatic rings. The van der Waals surface area contributed by atoms with Crippen molar-refractivity contribution in [1.82, 2.24) is 0 Å². The highest BCUT2D eigenvalue weighted by Crippen LogP contribution is 2.64. The molecule has 116 valence electrons. The van der Waals surface area contributed by atoms with E-state index in [0.717, 1.165) is 6.42 Å². The van der Waals surface area contributed by atoms with Gasteiger partial charge in [-0.25, -0.2) is 0 Å². The predicted molar refractivity (Wildman–Crippen MR) is 92.4 cm³/mol. The van der Waals surface area contributed by atoms with Crippen LogP contribution in [0.25, 0.3) is 0 Å². The van der Waals surface area contributed by atoms with Crippen molar-refractivity contribution in [1.29, 1.82) is 0 Å². The van der Waals surface area contributed by atoms with Gasteiger partial charge in [-0.05, 0) is 29.1 Å². The third kappa shape index (κ3) is 11.3. The maximum Gasteiger partial charge on any atom is 0.247 e. The van der Waals surface area contributed by atoms with E-state index in [1.165, 1.54) is 0 Å². The zero-order valence-electron chi connectivity index (χ0n) is 13.8. The van der Waals surface area contributed by atoms with Crippen LogP contribution in [0, 0.1) is 10.8 Å². The molecular formula is C14H31O2PS2. The molecule has 0 aromatic rings. The number of hydrogen-bond donors (Lipinski definition) is 0. The van der Waals surface area contributed by atoms with Crippen molar-refractivity contribution in [2.75, 3.05) is 13.2 Å². The molecule has 0 N–H and O–H groups in total. The topological polar surface area (TPSA) is 18.5 Å². The quantitative estimate of drug-likeness (QED) is 0.544. The smallest absolute Gasteiger partial charge is 0.247 e. The lowest BCUT2D eigenvalue weighted by Gasteiger charge is -2.30. The van der Waals surface area contributed by atoms with Crippen LogP contribution in [0.4, 0.5) is 0 Å². The van der Waals surface area contributed by atoms with Crippen LogP contribution >= 0.6 is 17.1 Å². The number of hydrogen-bond acceptors (Lipinski definition) is 4. The fourth-order valence-corrected chi connectivity index (χ4v) is 6.90. The lowest BCUT2D eigenvalue weighted by molar-refractivity contribution is 0.155. The highest BCUT2D eigenvalue weighted by Gasteiger charge is 2.27. The monoisotopic (exact) mass is 326 g/mol. The van der Waals surface area contributed by atoms with E-state index in [1.807, 2.05) is 0 Å². The first kappa shape index (κ1) is 19.9. The Kier molecular flexibility index (Phi) is 8.17. The molecule has 19 heavy (non-hydrogen) atoms. The summed E-state index contributed by atoms with van der Waals surface area (Å²) in [6.07, 6.45) is 1.08. The van der Waals surface area contributed by atoms with Gasteiger partial charge in [0, 0.05) is 5.25 Å². The van der Waals surface area contributed by atoms with E-state index in [2.05, 4.69) is 55.4 Å². The Labute approximate surface area is 129 Å². The zero-order chi connectivity index (χ0) is 15.3. The minimum Gasteiger partial charge on any atom is -0.321 e. The Bertz CT molecular complexity index is 284. The molecule has 0 rings (SSSR count). The van der Waals surface area contributed by atoms with Crippen LogP contribution in [0.5, 0.6) is 0 Å². The predicted octanol–water partition coefficient (Wildman–Crippen LogP) is 5.87. The van der Waals surface area contributed by atoms with Crippen molar-refractivity contribution in [3.05, 3.63) is 0 Å². The molecule has 0 heterocycles. The van der Waals surface area contributed by atoms with Crippen LogP contribution in [0.2, 0.25) is 0 Å². The van der Waals surface area contributed by atoms with Crippen LogP contribution in [-0.4, -0.2) is 18.5 Å². The summed E-state index contributed by atoms with van der Waals surface area (Å²) in [5.74, 6) is 0. The van der Waals surface area contributed by atoms with Crippen LogP contribution in [0.1, 0.15) is 61.8 Å². The highest BCUT2D eigenvalue weighted by atomic mass is 32.9. The minimum absolute atomic E-state index is 0.116. The first-order valence-corrected chi connectivity index (χ1v) is 11.1. The Morgan fingerprint density at radius 3 is 1.63 bits per heavy atom. The average Bonchev–Trinajstić information content (AvgIpc) is 2.22. The van der Waals surface area contributed by atoms with Gasteiger partial charge in [0.1, 0.15) is 0 Å². The Hall–Kier alpha value is 0.920. The summed E-state index contributed by atoms with van der Waals surface area (Å²) < 4.78 is 12.1. The molecule has 1 unspecified atom stereocenters. The van der Waals surface area contributed by atoms with E-state index >= 15 is 0 Å². The third-order valence-electron chi connectivity index (χ3n) is 2.20. The van der Waals surface area contributed by atoms with Crippen LogP contribution < -0.4 is 0 Å². The SMILES string of the molecule is CCC(C)SP(=S)(OCC(C)(C)C)OCC(C)(C)C. The average molecular weight is 327 g/mol. The van der Waals surface area contributed by atoms with E-state index in [0.29, 0.717) is 18.5 Å². The van der Waals surface area contributed by atoms with Crippen LogP contribution in [0.15, 0.2) is 0 Å². The number of rotatable bonds is 7. The van der Waals surface area contributed by atoms with Gasteiger partial charge < -0.3 is 9.05 Å². The van der Waals surface area contributed by atoms with Gasteiger partial charge >= 0.3 is 0 Å². The van der Waals surface area contributed by atoms with Gasteiger partial charge in [0.15, 0.2) is 0 Å². The van der Waals surface area contributed by atoms with Crippen molar-refractivity contribution >= 4 is 28.9 Å². The van der Waals surface area contributed by atoms with Gasteiger partial charge in [0.05, 0.1) is 13.2 Å². The summed E-state index contributed by atoms with van der Waals surface area (Å²) in [5.41, 5.74) is -2.00. The summed E-state index contributed by atoms with van der Waals surface area (Å²) in [6, 6.07) is 0. The van der Waals surface area contributed by atoms with Crippen LogP contribution in [0.3, 0.4) is 0 Å². The van der Waals surface area contributed by atoms with Gasteiger partial charge in [-0.3, -0.25) is 0 Å². The Balaban J connectivity index is 4.67. The van der Waals surface area contributed by atoms with Crippen molar-refractivity contribution in [2.24, 2.45) is 10.8 Å². The van der Waals surface area contributed by atoms with Gasteiger partial charge in [0.25, 0.3) is 0 Å². The largest absolute Gasteiger partial charge is 0.321 e. The lowest BCUT2D eigenvalue weighted by Crippen LogP contribution is -2.17. The summed E-state index contributed by atoms with van der Waals surface area (Å²) in [4.78, 5) is 0. The molecule has 0 aromatic heterocycles. The molecule has 0 bridgehead atoms. The minimum atomic E-state index is -2.23. The zero-order valence-corrected chi connectivity index (χ0v) is 16.3. The van der Waals surface area contributed by atoms with Crippen molar-refractivity contribution in [3.63, 3.8) is 0 Å². The van der Waals surface area contributed by atoms with E-state index in [4.69, 9.17) is 20.9 Å². The second kappa shape index (κ2) is 7.79. The molecule has 0 fully saturated rings. The van der Waals surface area contributed by atoms with Crippen molar-refractivity contribution in [3.8, 4) is 0 Å². The highest BCUT2D eigenvalue weighted by molar-refractivity contribution is 8.68. The summed E-state index contributed by atoms with van der Waals surface area (Å²) in [7, 11) is 0. The second-order valence-corrected chi connectivity index (χ2v) is 14.1. The lowest BCUT2D eigenvalue weighted by atomic mass is 9.99. The van der Waals surface area contributed by atoms with E-state index in [9.17, 15) is 0 Å². The summed E-state index contributed by atoms with van der Waals surface area (Å²) in [6.45, 7) is 18.6. The van der Waals surface area contributed by atoms with Crippen LogP contribution in [-0.2, 0) is 20.9 Å². The maximum absolute atomic E-state index is 6.03. The van der Waals surface area contributed by atoms with Gasteiger partial charge in [-0.1, -0.05) is 66.8 Å². The van der Waals surface area contributed by atoms with E-state index in [1.54, 1.807) is 11.4 Å². The first-order valence-electron chi connectivity index (χ1n) is 6.94. The molecular weight excluding hydrogens is 295 g/mol.